The summed E-state index contributed by atoms with van der Waals surface area (Å²) in [5.74, 6) is 1.24. The minimum atomic E-state index is -1.52. The largest absolute Gasteiger partial charge is 0.220 e. The van der Waals surface area contributed by atoms with E-state index in [-0.39, 0.29) is 0 Å². The van der Waals surface area contributed by atoms with Crippen LogP contribution in [-0.4, -0.2) is 24.9 Å². The van der Waals surface area contributed by atoms with Crippen molar-refractivity contribution in [2.75, 3.05) is 6.54 Å². The van der Waals surface area contributed by atoms with Gasteiger partial charge >= 0.3 is 0 Å². The summed E-state index contributed by atoms with van der Waals surface area (Å²) in [5.41, 5.74) is 18.1. The fraction of sp³-hybridized carbons (Fsp3) is 0.319. The maximum Gasteiger partial charge on any atom is 0.220 e. The molecule has 3 aliphatic heterocycles. The SMILES string of the molecule is Cc1cc2[n+](cc1[Si](C)(C)C)C1/C(=C3/c4ccc5c(sc6cc(-c7ccccc7)ccc65)c4C4=[N+]3CC(C3CCCCC3)=C4)C1C1=C2C=CCC1. The molecule has 2 aromatic heterocycles. The van der Waals surface area contributed by atoms with Crippen molar-refractivity contribution >= 4 is 61.8 Å². The number of thiophene rings is 1. The van der Waals surface area contributed by atoms with E-state index >= 15 is 0 Å². The van der Waals surface area contributed by atoms with Gasteiger partial charge in [0.05, 0.1) is 35.4 Å². The van der Waals surface area contributed by atoms with Crippen LogP contribution in [0.3, 0.4) is 0 Å². The Bertz CT molecular complexity index is 2530. The fourth-order valence-corrected chi connectivity index (χ4v) is 13.7. The zero-order valence-corrected chi connectivity index (χ0v) is 32.2. The zero-order valence-electron chi connectivity index (χ0n) is 30.4. The molecule has 51 heavy (non-hydrogen) atoms. The average Bonchev–Trinajstić information content (AvgIpc) is 3.39. The van der Waals surface area contributed by atoms with Crippen molar-refractivity contribution in [1.82, 2.24) is 0 Å². The molecule has 252 valence electrons. The van der Waals surface area contributed by atoms with Gasteiger partial charge in [0.25, 0.3) is 0 Å². The van der Waals surface area contributed by atoms with Crippen LogP contribution in [0.5, 0.6) is 0 Å². The molecule has 5 aromatic rings. The van der Waals surface area contributed by atoms with Gasteiger partial charge in [0.15, 0.2) is 18.8 Å². The van der Waals surface area contributed by atoms with Gasteiger partial charge in [0, 0.05) is 43.9 Å². The lowest BCUT2D eigenvalue weighted by molar-refractivity contribution is -0.702. The third-order valence-corrected chi connectivity index (χ3v) is 16.4. The smallest absolute Gasteiger partial charge is 0.190 e. The first-order valence-corrected chi connectivity index (χ1v) is 23.8. The Balaban J connectivity index is 1.14. The highest BCUT2D eigenvalue weighted by atomic mass is 32.1. The summed E-state index contributed by atoms with van der Waals surface area (Å²) in [6, 6.07) is 25.9. The van der Waals surface area contributed by atoms with E-state index in [0.717, 1.165) is 18.9 Å². The van der Waals surface area contributed by atoms with Crippen molar-refractivity contribution in [3.05, 3.63) is 130 Å². The molecule has 3 aliphatic carbocycles. The van der Waals surface area contributed by atoms with Crippen molar-refractivity contribution in [2.45, 2.75) is 77.6 Å². The second-order valence-corrected chi connectivity index (χ2v) is 23.2. The van der Waals surface area contributed by atoms with E-state index in [9.17, 15) is 0 Å². The highest BCUT2D eigenvalue weighted by Gasteiger charge is 2.64. The zero-order chi connectivity index (χ0) is 34.2. The first kappa shape index (κ1) is 30.5. The number of nitrogens with zero attached hydrogens (tertiary/aromatic N) is 2. The molecule has 0 radical (unpaired) electrons. The topological polar surface area (TPSA) is 6.89 Å². The van der Waals surface area contributed by atoms with Crippen LogP contribution in [0, 0.1) is 18.8 Å². The first-order chi connectivity index (χ1) is 24.8. The van der Waals surface area contributed by atoms with Crippen LogP contribution in [0.4, 0.5) is 0 Å². The van der Waals surface area contributed by atoms with Gasteiger partial charge in [-0.2, -0.15) is 9.14 Å². The van der Waals surface area contributed by atoms with Gasteiger partial charge < -0.3 is 0 Å². The predicted molar refractivity (Wildman–Crippen MR) is 218 cm³/mol. The van der Waals surface area contributed by atoms with Gasteiger partial charge in [0.2, 0.25) is 17.1 Å². The highest BCUT2D eigenvalue weighted by Crippen LogP contribution is 2.62. The maximum atomic E-state index is 2.80. The van der Waals surface area contributed by atoms with Crippen LogP contribution in [0.1, 0.15) is 73.4 Å². The number of fused-ring (bicyclic) bond motifs is 11. The molecule has 2 unspecified atom stereocenters. The van der Waals surface area contributed by atoms with Crippen LogP contribution >= 0.6 is 11.3 Å². The second kappa shape index (κ2) is 10.9. The molecule has 4 heteroatoms. The number of hydrogen-bond donors (Lipinski definition) is 0. The predicted octanol–water partition coefficient (Wildman–Crippen LogP) is 10.9. The monoisotopic (exact) mass is 698 g/mol. The number of hydrogen-bond acceptors (Lipinski definition) is 1. The Morgan fingerprint density at radius 3 is 2.51 bits per heavy atom. The molecule has 2 fully saturated rings. The summed E-state index contributed by atoms with van der Waals surface area (Å²) in [5, 5.41) is 4.41. The van der Waals surface area contributed by atoms with Crippen LogP contribution in [0.2, 0.25) is 19.6 Å². The van der Waals surface area contributed by atoms with Crippen molar-refractivity contribution < 1.29 is 9.14 Å². The lowest BCUT2D eigenvalue weighted by Gasteiger charge is -2.23. The van der Waals surface area contributed by atoms with Gasteiger partial charge in [-0.1, -0.05) is 99.6 Å². The summed E-state index contributed by atoms with van der Waals surface area (Å²) in [4.78, 5) is 0. The van der Waals surface area contributed by atoms with E-state index < -0.39 is 8.07 Å². The van der Waals surface area contributed by atoms with Gasteiger partial charge in [-0.15, -0.1) is 11.3 Å². The summed E-state index contributed by atoms with van der Waals surface area (Å²) in [7, 11) is -1.52. The minimum absolute atomic E-state index is 0.424. The van der Waals surface area contributed by atoms with Crippen LogP contribution in [0.15, 0.2) is 108 Å². The molecular formula is C47H46N2SSi+2. The average molecular weight is 699 g/mol. The fourth-order valence-electron chi connectivity index (χ4n) is 10.6. The van der Waals surface area contributed by atoms with Crippen molar-refractivity contribution in [1.29, 1.82) is 0 Å². The van der Waals surface area contributed by atoms with E-state index in [4.69, 9.17) is 0 Å². The van der Waals surface area contributed by atoms with Gasteiger partial charge in [-0.25, -0.2) is 0 Å². The lowest BCUT2D eigenvalue weighted by Crippen LogP contribution is -2.50. The molecular weight excluding hydrogens is 653 g/mol. The van der Waals surface area contributed by atoms with Crippen LogP contribution < -0.4 is 9.75 Å². The number of benzene rings is 3. The molecule has 5 heterocycles. The van der Waals surface area contributed by atoms with E-state index in [1.165, 1.54) is 103 Å². The summed E-state index contributed by atoms with van der Waals surface area (Å²) < 4.78 is 8.39. The molecule has 2 nitrogen and oxygen atoms in total. The highest BCUT2D eigenvalue weighted by molar-refractivity contribution is 7.26. The lowest BCUT2D eigenvalue weighted by atomic mass is 9.83. The van der Waals surface area contributed by atoms with E-state index in [1.807, 2.05) is 11.3 Å². The molecule has 0 N–H and O–H groups in total. The van der Waals surface area contributed by atoms with Gasteiger partial charge in [0.1, 0.15) is 0 Å². The number of aromatic nitrogens is 1. The third-order valence-electron chi connectivity index (χ3n) is 13.0. The Kier molecular flexibility index (Phi) is 6.55. The van der Waals surface area contributed by atoms with Crippen molar-refractivity contribution in [3.8, 4) is 11.1 Å². The van der Waals surface area contributed by atoms with E-state index in [2.05, 4.69) is 127 Å². The summed E-state index contributed by atoms with van der Waals surface area (Å²) in [6.07, 6.45) is 19.4. The Hall–Kier alpha value is -4.12. The minimum Gasteiger partial charge on any atom is -0.190 e. The van der Waals surface area contributed by atoms with Crippen molar-refractivity contribution in [2.24, 2.45) is 11.8 Å². The van der Waals surface area contributed by atoms with Gasteiger partial charge in [-0.05, 0) is 72.9 Å². The molecule has 0 saturated heterocycles. The normalized spacial score (nSPS) is 23.8. The first-order valence-electron chi connectivity index (χ1n) is 19.5. The Labute approximate surface area is 306 Å². The van der Waals surface area contributed by atoms with E-state index in [1.54, 1.807) is 27.6 Å². The molecule has 11 rings (SSSR count). The Morgan fingerprint density at radius 1 is 0.863 bits per heavy atom. The Morgan fingerprint density at radius 2 is 1.69 bits per heavy atom. The summed E-state index contributed by atoms with van der Waals surface area (Å²) in [6.45, 7) is 11.0. The number of rotatable bonds is 3. The number of allylic oxidation sites excluding steroid dienone is 6. The van der Waals surface area contributed by atoms with E-state index in [0.29, 0.717) is 12.0 Å². The standard InChI is InChI=1S/C47H46N2SSi/c1-28-23-38-33-17-11-12-18-35(33)43-44(46(43)49(38)27-41(28)51(2,3)4)45-37-22-21-36-34-20-19-31(29-13-7-5-8-14-29)25-40(34)50-47(36)42(37)39-24-32(26-48(39)45)30-15-9-6-10-16-30/h5,7-8,11,13-14,17,19-25,27,30,43,46H,6,9-10,12,15-16,18,26H2,1-4H3/q+2/b45-44-. The third kappa shape index (κ3) is 4.45. The molecule has 3 aromatic carbocycles. The molecule has 6 aliphatic rings. The molecule has 2 atom stereocenters. The number of aryl methyl sites for hydroxylation is 1. The summed E-state index contributed by atoms with van der Waals surface area (Å²) >= 11 is 2.02. The van der Waals surface area contributed by atoms with Crippen LogP contribution in [-0.2, 0) is 0 Å². The second-order valence-electron chi connectivity index (χ2n) is 17.1. The molecule has 0 spiro atoms. The molecule has 0 amide bonds. The van der Waals surface area contributed by atoms with Crippen molar-refractivity contribution in [3.63, 3.8) is 0 Å². The quantitative estimate of drug-likeness (QED) is 0.131. The molecule has 0 bridgehead atoms. The molecule has 2 saturated carbocycles. The van der Waals surface area contributed by atoms with Gasteiger partial charge in [-0.3, -0.25) is 0 Å². The van der Waals surface area contributed by atoms with Crippen LogP contribution in [0.25, 0.3) is 42.6 Å². The maximum absolute atomic E-state index is 2.80. The number of pyridine rings is 1.